The maximum atomic E-state index is 13.5. The van der Waals surface area contributed by atoms with Crippen LogP contribution < -0.4 is 0 Å². The van der Waals surface area contributed by atoms with Crippen molar-refractivity contribution in [3.8, 4) is 0 Å². The first kappa shape index (κ1) is 22.5. The summed E-state index contributed by atoms with van der Waals surface area (Å²) in [6.45, 7) is 0. The van der Waals surface area contributed by atoms with Crippen LogP contribution in [0.4, 0.5) is 5.69 Å². The number of rotatable bonds is 7. The quantitative estimate of drug-likeness (QED) is 0.201. The Morgan fingerprint density at radius 1 is 0.781 bits per heavy atom. The highest BCUT2D eigenvalue weighted by atomic mass is 35.5. The third-order valence-corrected chi connectivity index (χ3v) is 11.5. The molecule has 0 radical (unpaired) electrons. The van der Waals surface area contributed by atoms with Crippen LogP contribution >= 0.6 is 33.2 Å². The monoisotopic (exact) mass is 505 g/mol. The lowest BCUT2D eigenvalue weighted by molar-refractivity contribution is -0.384. The summed E-state index contributed by atoms with van der Waals surface area (Å²) in [4.78, 5) is 12.5. The molecule has 32 heavy (non-hydrogen) atoms. The summed E-state index contributed by atoms with van der Waals surface area (Å²) in [5, 5.41) is 11.2. The van der Waals surface area contributed by atoms with Gasteiger partial charge in [-0.15, -0.1) is 11.3 Å². The van der Waals surface area contributed by atoms with E-state index < -0.39 is 31.0 Å². The Labute approximate surface area is 195 Å². The molecule has 10 heteroatoms. The fourth-order valence-electron chi connectivity index (χ4n) is 3.12. The van der Waals surface area contributed by atoms with Gasteiger partial charge in [-0.05, 0) is 46.7 Å². The van der Waals surface area contributed by atoms with Gasteiger partial charge in [0.15, 0.2) is 8.55 Å². The topological polar surface area (TPSA) is 86.5 Å². The SMILES string of the molecule is O=[N+]([O-])c1cc(S(=O)(=O)OS(c2ccccc2)(c2ccccc2)c2ccccc2)sc1Cl. The Kier molecular flexibility index (Phi) is 6.36. The lowest BCUT2D eigenvalue weighted by Gasteiger charge is -2.39. The molecule has 0 fully saturated rings. The number of benzene rings is 3. The normalized spacial score (nSPS) is 12.4. The Balaban J connectivity index is 1.98. The van der Waals surface area contributed by atoms with Crippen LogP contribution in [0, 0.1) is 10.1 Å². The van der Waals surface area contributed by atoms with E-state index in [0.29, 0.717) is 26.0 Å². The van der Waals surface area contributed by atoms with Gasteiger partial charge in [-0.1, -0.05) is 66.2 Å². The average molecular weight is 506 g/mol. The van der Waals surface area contributed by atoms with Gasteiger partial charge in [0.1, 0.15) is 0 Å². The number of thiophene rings is 1. The lowest BCUT2D eigenvalue weighted by atomic mass is 10.4. The van der Waals surface area contributed by atoms with Crippen molar-refractivity contribution in [1.29, 1.82) is 0 Å². The third kappa shape index (κ3) is 4.17. The van der Waals surface area contributed by atoms with E-state index in [2.05, 4.69) is 0 Å². The molecule has 0 N–H and O–H groups in total. The smallest absolute Gasteiger partial charge is 0.258 e. The zero-order valence-electron chi connectivity index (χ0n) is 16.3. The summed E-state index contributed by atoms with van der Waals surface area (Å²) in [6, 6.07) is 28.2. The molecule has 3 aromatic carbocycles. The predicted octanol–water partition coefficient (Wildman–Crippen LogP) is 6.91. The molecule has 4 aromatic rings. The van der Waals surface area contributed by atoms with Gasteiger partial charge in [0, 0.05) is 20.8 Å². The van der Waals surface area contributed by atoms with Crippen molar-refractivity contribution in [3.05, 3.63) is 112 Å². The molecule has 0 unspecified atom stereocenters. The summed E-state index contributed by atoms with van der Waals surface area (Å²) in [7, 11) is -7.19. The summed E-state index contributed by atoms with van der Waals surface area (Å²) in [6.07, 6.45) is 0. The first-order chi connectivity index (χ1) is 15.3. The van der Waals surface area contributed by atoms with Gasteiger partial charge in [0.25, 0.3) is 5.69 Å². The molecule has 4 rings (SSSR count). The molecule has 164 valence electrons. The molecule has 0 saturated heterocycles. The molecule has 0 amide bonds. The molecular formula is C22H16ClNO5S3. The zero-order valence-corrected chi connectivity index (χ0v) is 19.5. The molecule has 0 bridgehead atoms. The third-order valence-electron chi connectivity index (χ3n) is 4.51. The molecule has 6 nitrogen and oxygen atoms in total. The van der Waals surface area contributed by atoms with E-state index in [-0.39, 0.29) is 8.55 Å². The second-order valence-electron chi connectivity index (χ2n) is 6.50. The van der Waals surface area contributed by atoms with E-state index in [0.717, 1.165) is 6.07 Å². The standard InChI is InChI=1S/C22H16ClNO5S3/c23-22-20(24(25)26)16-21(30-22)32(27,28)29-31(17-10-4-1-5-11-17,18-12-6-2-7-13-18)19-14-8-3-9-15-19/h1-16H. The largest absolute Gasteiger partial charge is 0.316 e. The number of nitrogens with zero attached hydrogens (tertiary/aromatic N) is 1. The van der Waals surface area contributed by atoms with E-state index in [1.165, 1.54) is 0 Å². The van der Waals surface area contributed by atoms with Gasteiger partial charge < -0.3 is 0 Å². The fourth-order valence-corrected chi connectivity index (χ4v) is 10.1. The second kappa shape index (κ2) is 9.05. The van der Waals surface area contributed by atoms with E-state index in [1.54, 1.807) is 0 Å². The van der Waals surface area contributed by atoms with Crippen molar-refractivity contribution >= 4 is 49.1 Å². The van der Waals surface area contributed by atoms with Crippen LogP contribution in [-0.2, 0) is 13.7 Å². The van der Waals surface area contributed by atoms with Gasteiger partial charge in [-0.2, -0.15) is 8.42 Å². The van der Waals surface area contributed by atoms with E-state index in [9.17, 15) is 18.5 Å². The highest BCUT2D eigenvalue weighted by Crippen LogP contribution is 2.70. The fraction of sp³-hybridized carbons (Fsp3) is 0. The Hall–Kier alpha value is -2.69. The van der Waals surface area contributed by atoms with Gasteiger partial charge in [0.2, 0.25) is 0 Å². The van der Waals surface area contributed by atoms with E-state index in [1.807, 2.05) is 91.0 Å². The average Bonchev–Trinajstić information content (AvgIpc) is 3.22. The highest BCUT2D eigenvalue weighted by molar-refractivity contribution is 8.33. The van der Waals surface area contributed by atoms with E-state index in [4.69, 9.17) is 15.2 Å². The number of hydrogen-bond donors (Lipinski definition) is 0. The van der Waals surface area contributed by atoms with Gasteiger partial charge in [-0.3, -0.25) is 10.1 Å². The lowest BCUT2D eigenvalue weighted by Crippen LogP contribution is -2.13. The molecule has 0 saturated carbocycles. The van der Waals surface area contributed by atoms with Crippen molar-refractivity contribution in [2.75, 3.05) is 0 Å². The molecule has 0 atom stereocenters. The van der Waals surface area contributed by atoms with Crippen molar-refractivity contribution in [1.82, 2.24) is 0 Å². The first-order valence-electron chi connectivity index (χ1n) is 9.23. The minimum Gasteiger partial charge on any atom is -0.258 e. The Morgan fingerprint density at radius 2 is 1.19 bits per heavy atom. The number of halogens is 1. The molecule has 0 aliphatic rings. The molecule has 1 heterocycles. The van der Waals surface area contributed by atoms with Crippen molar-refractivity contribution in [3.63, 3.8) is 0 Å². The Morgan fingerprint density at radius 3 is 1.53 bits per heavy atom. The molecule has 0 spiro atoms. The van der Waals surface area contributed by atoms with Crippen LogP contribution in [0.3, 0.4) is 0 Å². The highest BCUT2D eigenvalue weighted by Gasteiger charge is 2.39. The van der Waals surface area contributed by atoms with Crippen LogP contribution in [0.1, 0.15) is 0 Å². The minimum atomic E-state index is -4.43. The summed E-state index contributed by atoms with van der Waals surface area (Å²) in [5.74, 6) is 0. The first-order valence-corrected chi connectivity index (χ1v) is 13.4. The second-order valence-corrected chi connectivity index (χ2v) is 12.8. The number of nitro groups is 1. The summed E-state index contributed by atoms with van der Waals surface area (Å²) in [5.41, 5.74) is -0.474. The van der Waals surface area contributed by atoms with Crippen LogP contribution in [0.5, 0.6) is 0 Å². The van der Waals surface area contributed by atoms with Crippen LogP contribution in [0.25, 0.3) is 0 Å². The minimum absolute atomic E-state index is 0.225. The van der Waals surface area contributed by atoms with Crippen molar-refractivity contribution in [2.24, 2.45) is 0 Å². The molecule has 0 aliphatic heterocycles. The summed E-state index contributed by atoms with van der Waals surface area (Å²) >= 11 is 6.53. The maximum absolute atomic E-state index is 13.5. The molecular weight excluding hydrogens is 490 g/mol. The predicted molar refractivity (Wildman–Crippen MR) is 126 cm³/mol. The van der Waals surface area contributed by atoms with Gasteiger partial charge in [0.05, 0.1) is 4.92 Å². The van der Waals surface area contributed by atoms with Gasteiger partial charge in [-0.25, -0.2) is 3.63 Å². The zero-order chi connectivity index (χ0) is 22.8. The van der Waals surface area contributed by atoms with Gasteiger partial charge >= 0.3 is 10.1 Å². The molecule has 1 aromatic heterocycles. The maximum Gasteiger partial charge on any atom is 0.316 e. The van der Waals surface area contributed by atoms with Crippen molar-refractivity contribution in [2.45, 2.75) is 18.9 Å². The molecule has 0 aliphatic carbocycles. The van der Waals surface area contributed by atoms with Crippen LogP contribution in [-0.4, -0.2) is 13.3 Å². The summed E-state index contributed by atoms with van der Waals surface area (Å²) < 4.78 is 32.5. The number of hydrogen-bond acceptors (Lipinski definition) is 6. The Bertz CT molecular complexity index is 1250. The van der Waals surface area contributed by atoms with Crippen molar-refractivity contribution < 1.29 is 17.0 Å². The van der Waals surface area contributed by atoms with E-state index >= 15 is 0 Å². The van der Waals surface area contributed by atoms with Crippen LogP contribution in [0.15, 0.2) is 116 Å². The van der Waals surface area contributed by atoms with Crippen LogP contribution in [0.2, 0.25) is 4.34 Å².